The lowest BCUT2D eigenvalue weighted by atomic mass is 10.1. The molecule has 1 aromatic rings. The number of hydrogen-bond donors (Lipinski definition) is 2. The molecule has 0 aliphatic carbocycles. The summed E-state index contributed by atoms with van der Waals surface area (Å²) in [5, 5.41) is 11.3. The van der Waals surface area contributed by atoms with Crippen LogP contribution in [0.25, 0.3) is 0 Å². The van der Waals surface area contributed by atoms with Crippen molar-refractivity contribution in [2.75, 3.05) is 19.7 Å². The van der Waals surface area contributed by atoms with Gasteiger partial charge in [-0.25, -0.2) is 0 Å². The van der Waals surface area contributed by atoms with E-state index in [0.29, 0.717) is 19.1 Å². The van der Waals surface area contributed by atoms with Gasteiger partial charge in [-0.1, -0.05) is 19.9 Å². The highest BCUT2D eigenvalue weighted by Crippen LogP contribution is 2.27. The van der Waals surface area contributed by atoms with Gasteiger partial charge in [0.05, 0.1) is 12.6 Å². The first-order valence-corrected chi connectivity index (χ1v) is 7.26. The number of thiophene rings is 1. The summed E-state index contributed by atoms with van der Waals surface area (Å²) in [6.45, 7) is 5.89. The fourth-order valence-electron chi connectivity index (χ4n) is 2.36. The second kappa shape index (κ2) is 7.82. The molecule has 0 radical (unpaired) electrons. The molecule has 98 valence electrons. The number of nitrogens with two attached hydrogens (primary N) is 1. The van der Waals surface area contributed by atoms with Crippen molar-refractivity contribution in [3.8, 4) is 0 Å². The van der Waals surface area contributed by atoms with Gasteiger partial charge >= 0.3 is 0 Å². The van der Waals surface area contributed by atoms with Crippen LogP contribution in [0.2, 0.25) is 0 Å². The molecule has 0 spiro atoms. The zero-order chi connectivity index (χ0) is 12.7. The van der Waals surface area contributed by atoms with Crippen LogP contribution >= 0.6 is 11.3 Å². The standard InChI is InChI=1S/C13H24N2OS/c1-3-11(4-2)15(7-8-16)12(10-14)13-6-5-9-17-13/h5-6,9,11-12,16H,3-4,7-8,10,14H2,1-2H3. The van der Waals surface area contributed by atoms with Crippen molar-refractivity contribution in [2.24, 2.45) is 5.73 Å². The SMILES string of the molecule is CCC(CC)N(CCO)C(CN)c1cccs1. The van der Waals surface area contributed by atoms with Crippen molar-refractivity contribution in [2.45, 2.75) is 38.8 Å². The van der Waals surface area contributed by atoms with E-state index in [4.69, 9.17) is 5.73 Å². The average Bonchev–Trinajstić information content (AvgIpc) is 2.85. The normalized spacial score (nSPS) is 13.5. The molecule has 3 nitrogen and oxygen atoms in total. The monoisotopic (exact) mass is 256 g/mol. The molecule has 17 heavy (non-hydrogen) atoms. The molecule has 1 heterocycles. The number of aliphatic hydroxyl groups excluding tert-OH is 1. The number of nitrogens with zero attached hydrogens (tertiary/aromatic N) is 1. The van der Waals surface area contributed by atoms with Gasteiger partial charge in [0.25, 0.3) is 0 Å². The first kappa shape index (κ1) is 14.6. The summed E-state index contributed by atoms with van der Waals surface area (Å²) in [5.41, 5.74) is 5.93. The zero-order valence-electron chi connectivity index (χ0n) is 10.8. The molecule has 0 fully saturated rings. The molecular formula is C13H24N2OS. The van der Waals surface area contributed by atoms with Crippen LogP contribution in [-0.2, 0) is 0 Å². The minimum atomic E-state index is 0.193. The summed E-state index contributed by atoms with van der Waals surface area (Å²) in [5.74, 6) is 0. The molecule has 0 amide bonds. The third-order valence-electron chi connectivity index (χ3n) is 3.26. The molecular weight excluding hydrogens is 232 g/mol. The van der Waals surface area contributed by atoms with E-state index < -0.39 is 0 Å². The minimum absolute atomic E-state index is 0.193. The Morgan fingerprint density at radius 3 is 2.53 bits per heavy atom. The van der Waals surface area contributed by atoms with Crippen molar-refractivity contribution in [3.63, 3.8) is 0 Å². The van der Waals surface area contributed by atoms with Gasteiger partial charge in [-0.3, -0.25) is 4.90 Å². The maximum Gasteiger partial charge on any atom is 0.0567 e. The fourth-order valence-corrected chi connectivity index (χ4v) is 3.22. The molecule has 0 aromatic carbocycles. The molecule has 1 rings (SSSR count). The quantitative estimate of drug-likeness (QED) is 0.750. The van der Waals surface area contributed by atoms with Gasteiger partial charge in [0.1, 0.15) is 0 Å². The van der Waals surface area contributed by atoms with E-state index in [9.17, 15) is 5.11 Å². The molecule has 0 aliphatic heterocycles. The lowest BCUT2D eigenvalue weighted by Gasteiger charge is -2.36. The third-order valence-corrected chi connectivity index (χ3v) is 4.24. The van der Waals surface area contributed by atoms with E-state index >= 15 is 0 Å². The van der Waals surface area contributed by atoms with Gasteiger partial charge in [0.2, 0.25) is 0 Å². The van der Waals surface area contributed by atoms with Crippen molar-refractivity contribution < 1.29 is 5.11 Å². The second-order valence-corrected chi connectivity index (χ2v) is 5.18. The van der Waals surface area contributed by atoms with Crippen LogP contribution in [0.1, 0.15) is 37.6 Å². The van der Waals surface area contributed by atoms with Crippen LogP contribution in [0.4, 0.5) is 0 Å². The summed E-state index contributed by atoms with van der Waals surface area (Å²) in [6, 6.07) is 4.94. The number of hydrogen-bond acceptors (Lipinski definition) is 4. The lowest BCUT2D eigenvalue weighted by Crippen LogP contribution is -2.42. The molecule has 0 bridgehead atoms. The van der Waals surface area contributed by atoms with Crippen molar-refractivity contribution in [3.05, 3.63) is 22.4 Å². The highest BCUT2D eigenvalue weighted by molar-refractivity contribution is 7.10. The predicted octanol–water partition coefficient (Wildman–Crippen LogP) is 2.23. The van der Waals surface area contributed by atoms with Crippen molar-refractivity contribution in [1.29, 1.82) is 0 Å². The summed E-state index contributed by atoms with van der Waals surface area (Å²) in [7, 11) is 0. The van der Waals surface area contributed by atoms with Gasteiger partial charge in [-0.2, -0.15) is 0 Å². The van der Waals surface area contributed by atoms with Crippen LogP contribution in [0.3, 0.4) is 0 Å². The maximum atomic E-state index is 9.24. The van der Waals surface area contributed by atoms with Crippen LogP contribution in [0.5, 0.6) is 0 Å². The van der Waals surface area contributed by atoms with Crippen molar-refractivity contribution >= 4 is 11.3 Å². The Morgan fingerprint density at radius 2 is 2.12 bits per heavy atom. The molecule has 1 atom stereocenters. The second-order valence-electron chi connectivity index (χ2n) is 4.20. The largest absolute Gasteiger partial charge is 0.395 e. The molecule has 1 aromatic heterocycles. The Kier molecular flexibility index (Phi) is 6.73. The zero-order valence-corrected chi connectivity index (χ0v) is 11.6. The first-order valence-electron chi connectivity index (χ1n) is 6.38. The lowest BCUT2D eigenvalue weighted by molar-refractivity contribution is 0.101. The Balaban J connectivity index is 2.86. The molecule has 4 heteroatoms. The van der Waals surface area contributed by atoms with E-state index in [2.05, 4.69) is 36.3 Å². The predicted molar refractivity (Wildman–Crippen MR) is 74.3 cm³/mol. The van der Waals surface area contributed by atoms with Gasteiger partial charge in [-0.05, 0) is 24.3 Å². The number of aliphatic hydroxyl groups is 1. The Bertz CT molecular complexity index is 286. The fraction of sp³-hybridized carbons (Fsp3) is 0.692. The Labute approximate surface area is 108 Å². The molecule has 3 N–H and O–H groups in total. The molecule has 0 saturated heterocycles. The van der Waals surface area contributed by atoms with E-state index in [-0.39, 0.29) is 12.6 Å². The molecule has 0 saturated carbocycles. The topological polar surface area (TPSA) is 49.5 Å². The van der Waals surface area contributed by atoms with Gasteiger partial charge < -0.3 is 10.8 Å². The molecule has 0 aliphatic rings. The summed E-state index contributed by atoms with van der Waals surface area (Å²) in [6.07, 6.45) is 2.19. The molecule has 1 unspecified atom stereocenters. The van der Waals surface area contributed by atoms with E-state index in [1.807, 2.05) is 0 Å². The smallest absolute Gasteiger partial charge is 0.0567 e. The Morgan fingerprint density at radius 1 is 1.41 bits per heavy atom. The summed E-state index contributed by atoms with van der Waals surface area (Å²) < 4.78 is 0. The highest BCUT2D eigenvalue weighted by Gasteiger charge is 2.24. The summed E-state index contributed by atoms with van der Waals surface area (Å²) >= 11 is 1.74. The van der Waals surface area contributed by atoms with E-state index in [1.165, 1.54) is 4.88 Å². The summed E-state index contributed by atoms with van der Waals surface area (Å²) in [4.78, 5) is 3.65. The minimum Gasteiger partial charge on any atom is -0.395 e. The maximum absolute atomic E-state index is 9.24. The average molecular weight is 256 g/mol. The van der Waals surface area contributed by atoms with Gasteiger partial charge in [0, 0.05) is 24.0 Å². The van der Waals surface area contributed by atoms with Gasteiger partial charge in [0.15, 0.2) is 0 Å². The first-order chi connectivity index (χ1) is 8.28. The third kappa shape index (κ3) is 3.78. The number of rotatable bonds is 8. The van der Waals surface area contributed by atoms with E-state index in [0.717, 1.165) is 12.8 Å². The van der Waals surface area contributed by atoms with Crippen LogP contribution < -0.4 is 5.73 Å². The van der Waals surface area contributed by atoms with E-state index in [1.54, 1.807) is 11.3 Å². The highest BCUT2D eigenvalue weighted by atomic mass is 32.1. The van der Waals surface area contributed by atoms with Crippen LogP contribution in [0.15, 0.2) is 17.5 Å². The van der Waals surface area contributed by atoms with Crippen LogP contribution in [0, 0.1) is 0 Å². The van der Waals surface area contributed by atoms with Crippen molar-refractivity contribution in [1.82, 2.24) is 4.90 Å². The van der Waals surface area contributed by atoms with Crippen LogP contribution in [-0.4, -0.2) is 35.7 Å². The van der Waals surface area contributed by atoms with Gasteiger partial charge in [-0.15, -0.1) is 11.3 Å². The Hall–Kier alpha value is -0.420.